The summed E-state index contributed by atoms with van der Waals surface area (Å²) >= 11 is 0. The van der Waals surface area contributed by atoms with Gasteiger partial charge in [0.1, 0.15) is 11.6 Å². The zero-order valence-corrected chi connectivity index (χ0v) is 11.7. The van der Waals surface area contributed by atoms with E-state index in [-0.39, 0.29) is 17.7 Å². The Kier molecular flexibility index (Phi) is 6.00. The number of methoxy groups -OCH3 is 1. The first-order valence-electron chi connectivity index (χ1n) is 6.36. The fourth-order valence-electron chi connectivity index (χ4n) is 1.59. The number of aromatic nitrogens is 2. The van der Waals surface area contributed by atoms with Crippen LogP contribution in [0.3, 0.4) is 0 Å². The maximum absolute atomic E-state index is 12.8. The summed E-state index contributed by atoms with van der Waals surface area (Å²) in [7, 11) is 1.54. The summed E-state index contributed by atoms with van der Waals surface area (Å²) in [5, 5.41) is 5.69. The zero-order valence-electron chi connectivity index (χ0n) is 11.7. The topological polar surface area (TPSA) is 59.1 Å². The molecule has 0 saturated carbocycles. The highest BCUT2D eigenvalue weighted by atomic mass is 19.4. The van der Waals surface area contributed by atoms with E-state index < -0.39 is 12.0 Å². The molecule has 0 aromatic carbocycles. The molecule has 1 atom stereocenters. The van der Waals surface area contributed by atoms with E-state index in [0.29, 0.717) is 19.6 Å². The lowest BCUT2D eigenvalue weighted by Gasteiger charge is -2.18. The van der Waals surface area contributed by atoms with Crippen molar-refractivity contribution in [1.82, 2.24) is 9.97 Å². The lowest BCUT2D eigenvalue weighted by atomic mass is 10.2. The number of halogens is 3. The Morgan fingerprint density at radius 2 is 1.90 bits per heavy atom. The van der Waals surface area contributed by atoms with Crippen LogP contribution in [0.2, 0.25) is 0 Å². The third-order valence-electron chi connectivity index (χ3n) is 2.55. The predicted octanol–water partition coefficient (Wildman–Crippen LogP) is 2.76. The van der Waals surface area contributed by atoms with Crippen LogP contribution in [0.4, 0.5) is 24.8 Å². The molecule has 8 heteroatoms. The molecule has 0 aliphatic rings. The Hall–Kier alpha value is -1.57. The molecule has 0 amide bonds. The van der Waals surface area contributed by atoms with E-state index in [1.165, 1.54) is 13.2 Å². The number of ether oxygens (including phenoxy) is 1. The Morgan fingerprint density at radius 1 is 1.25 bits per heavy atom. The van der Waals surface area contributed by atoms with Crippen LogP contribution in [0.5, 0.6) is 0 Å². The molecule has 1 aromatic heterocycles. The number of hydrogen-bond donors (Lipinski definition) is 2. The van der Waals surface area contributed by atoms with Crippen molar-refractivity contribution in [2.75, 3.05) is 30.9 Å². The van der Waals surface area contributed by atoms with Crippen LogP contribution in [-0.2, 0) is 10.9 Å². The molecule has 1 heterocycles. The van der Waals surface area contributed by atoms with E-state index in [1.807, 2.05) is 6.92 Å². The third kappa shape index (κ3) is 4.84. The molecule has 0 fully saturated rings. The van der Waals surface area contributed by atoms with Crippen LogP contribution in [0.25, 0.3) is 0 Å². The highest BCUT2D eigenvalue weighted by molar-refractivity contribution is 5.48. The average Bonchev–Trinajstić information content (AvgIpc) is 2.37. The van der Waals surface area contributed by atoms with Crippen molar-refractivity contribution in [2.45, 2.75) is 32.5 Å². The molecular weight excluding hydrogens is 273 g/mol. The van der Waals surface area contributed by atoms with Gasteiger partial charge in [0.2, 0.25) is 5.82 Å². The quantitative estimate of drug-likeness (QED) is 0.809. The standard InChI is InChI=1S/C12H19F3N4O/c1-4-8(7-20-3)17-10-6-9(16-5-2)18-11(19-10)12(13,14)15/h6,8H,4-5,7H2,1-3H3,(H2,16,17,18,19). The maximum atomic E-state index is 12.8. The normalized spacial score (nSPS) is 13.1. The summed E-state index contributed by atoms with van der Waals surface area (Å²) in [6, 6.07) is 1.35. The first kappa shape index (κ1) is 16.5. The van der Waals surface area contributed by atoms with E-state index in [9.17, 15) is 13.2 Å². The van der Waals surface area contributed by atoms with Gasteiger partial charge in [-0.25, -0.2) is 9.97 Å². The molecule has 0 aliphatic carbocycles. The molecule has 0 aliphatic heterocycles. The molecule has 0 radical (unpaired) electrons. The van der Waals surface area contributed by atoms with Gasteiger partial charge in [-0.05, 0) is 13.3 Å². The van der Waals surface area contributed by atoms with Crippen molar-refractivity contribution < 1.29 is 17.9 Å². The van der Waals surface area contributed by atoms with E-state index in [0.717, 1.165) is 0 Å². The second-order valence-electron chi connectivity index (χ2n) is 4.19. The van der Waals surface area contributed by atoms with E-state index >= 15 is 0 Å². The molecule has 0 bridgehead atoms. The summed E-state index contributed by atoms with van der Waals surface area (Å²) in [6.07, 6.45) is -3.87. The van der Waals surface area contributed by atoms with Crippen molar-refractivity contribution in [1.29, 1.82) is 0 Å². The molecule has 20 heavy (non-hydrogen) atoms. The number of nitrogens with zero attached hydrogens (tertiary/aromatic N) is 2. The highest BCUT2D eigenvalue weighted by Crippen LogP contribution is 2.28. The molecule has 1 rings (SSSR count). The molecule has 1 unspecified atom stereocenters. The first-order valence-corrected chi connectivity index (χ1v) is 6.36. The van der Waals surface area contributed by atoms with Gasteiger partial charge in [0, 0.05) is 19.7 Å². The van der Waals surface area contributed by atoms with Crippen LogP contribution < -0.4 is 10.6 Å². The molecule has 114 valence electrons. The van der Waals surface area contributed by atoms with Gasteiger partial charge in [-0.2, -0.15) is 13.2 Å². The minimum Gasteiger partial charge on any atom is -0.383 e. The first-order chi connectivity index (χ1) is 9.40. The minimum atomic E-state index is -4.58. The monoisotopic (exact) mass is 292 g/mol. The van der Waals surface area contributed by atoms with Crippen LogP contribution >= 0.6 is 0 Å². The second-order valence-corrected chi connectivity index (χ2v) is 4.19. The van der Waals surface area contributed by atoms with Gasteiger partial charge in [-0.15, -0.1) is 0 Å². The SMILES string of the molecule is CCNc1cc(NC(CC)COC)nc(C(F)(F)F)n1. The van der Waals surface area contributed by atoms with Crippen molar-refractivity contribution in [2.24, 2.45) is 0 Å². The number of alkyl halides is 3. The Balaban J connectivity index is 3.02. The summed E-state index contributed by atoms with van der Waals surface area (Å²) in [5.41, 5.74) is 0. The summed E-state index contributed by atoms with van der Waals surface area (Å²) in [5.74, 6) is -0.887. The largest absolute Gasteiger partial charge is 0.451 e. The molecular formula is C12H19F3N4O. The van der Waals surface area contributed by atoms with Gasteiger partial charge in [0.05, 0.1) is 12.6 Å². The number of nitrogens with one attached hydrogen (secondary N) is 2. The predicted molar refractivity (Wildman–Crippen MR) is 70.8 cm³/mol. The fraction of sp³-hybridized carbons (Fsp3) is 0.667. The van der Waals surface area contributed by atoms with Gasteiger partial charge >= 0.3 is 6.18 Å². The molecule has 5 nitrogen and oxygen atoms in total. The number of anilines is 2. The summed E-state index contributed by atoms with van der Waals surface area (Å²) in [6.45, 7) is 4.55. The summed E-state index contributed by atoms with van der Waals surface area (Å²) < 4.78 is 43.2. The minimum absolute atomic E-state index is 0.106. The highest BCUT2D eigenvalue weighted by Gasteiger charge is 2.35. The van der Waals surface area contributed by atoms with Gasteiger partial charge in [-0.1, -0.05) is 6.92 Å². The van der Waals surface area contributed by atoms with Gasteiger partial charge < -0.3 is 15.4 Å². The number of rotatable bonds is 7. The molecule has 0 spiro atoms. The summed E-state index contributed by atoms with van der Waals surface area (Å²) in [4.78, 5) is 6.97. The third-order valence-corrected chi connectivity index (χ3v) is 2.55. The number of hydrogen-bond acceptors (Lipinski definition) is 5. The fourth-order valence-corrected chi connectivity index (χ4v) is 1.59. The average molecular weight is 292 g/mol. The van der Waals surface area contributed by atoms with Crippen molar-refractivity contribution >= 4 is 11.6 Å². The zero-order chi connectivity index (χ0) is 15.2. The maximum Gasteiger partial charge on any atom is 0.451 e. The van der Waals surface area contributed by atoms with Crippen LogP contribution in [0, 0.1) is 0 Å². The molecule has 0 saturated heterocycles. The lowest BCUT2D eigenvalue weighted by Crippen LogP contribution is -2.25. The smallest absolute Gasteiger partial charge is 0.383 e. The van der Waals surface area contributed by atoms with Crippen molar-refractivity contribution in [3.63, 3.8) is 0 Å². The Labute approximate surface area is 116 Å². The van der Waals surface area contributed by atoms with E-state index in [2.05, 4.69) is 20.6 Å². The molecule has 2 N–H and O–H groups in total. The Morgan fingerprint density at radius 3 is 2.40 bits per heavy atom. The van der Waals surface area contributed by atoms with E-state index in [4.69, 9.17) is 4.74 Å². The Bertz CT molecular complexity index is 426. The van der Waals surface area contributed by atoms with Crippen LogP contribution in [0.1, 0.15) is 26.1 Å². The van der Waals surface area contributed by atoms with Crippen molar-refractivity contribution in [3.05, 3.63) is 11.9 Å². The van der Waals surface area contributed by atoms with E-state index in [1.54, 1.807) is 6.92 Å². The second kappa shape index (κ2) is 7.28. The van der Waals surface area contributed by atoms with Gasteiger partial charge in [-0.3, -0.25) is 0 Å². The molecule has 1 aromatic rings. The van der Waals surface area contributed by atoms with Gasteiger partial charge in [0.15, 0.2) is 0 Å². The van der Waals surface area contributed by atoms with Gasteiger partial charge in [0.25, 0.3) is 0 Å². The lowest BCUT2D eigenvalue weighted by molar-refractivity contribution is -0.144. The van der Waals surface area contributed by atoms with Crippen LogP contribution in [-0.4, -0.2) is 36.3 Å². The van der Waals surface area contributed by atoms with Crippen LogP contribution in [0.15, 0.2) is 6.07 Å². The van der Waals surface area contributed by atoms with Crippen molar-refractivity contribution in [3.8, 4) is 0 Å².